The lowest BCUT2D eigenvalue weighted by atomic mass is 10.1. The lowest BCUT2D eigenvalue weighted by Gasteiger charge is -2.28. The molecule has 1 aromatic carbocycles. The number of rotatable bonds is 7. The number of hydrogen-bond donors (Lipinski definition) is 1. The molecule has 0 radical (unpaired) electrons. The van der Waals surface area contributed by atoms with Crippen molar-refractivity contribution in [3.8, 4) is 17.1 Å². The van der Waals surface area contributed by atoms with E-state index < -0.39 is 35.4 Å². The molecule has 9 nitrogen and oxygen atoms in total. The first-order chi connectivity index (χ1) is 17.3. The second-order valence-corrected chi connectivity index (χ2v) is 10.2. The van der Waals surface area contributed by atoms with Gasteiger partial charge in [0.05, 0.1) is 36.1 Å². The Morgan fingerprint density at radius 2 is 1.95 bits per heavy atom. The maximum Gasteiger partial charge on any atom is 0.416 e. The van der Waals surface area contributed by atoms with Crippen LogP contribution in [-0.4, -0.2) is 65.9 Å². The highest BCUT2D eigenvalue weighted by atomic mass is 19.4. The number of alkyl halides is 3. The molecule has 2 aliphatic rings. The van der Waals surface area contributed by atoms with Crippen molar-refractivity contribution >= 4 is 12.0 Å². The minimum Gasteiger partial charge on any atom is -0.490 e. The summed E-state index contributed by atoms with van der Waals surface area (Å²) in [7, 11) is 1.52. The van der Waals surface area contributed by atoms with E-state index >= 15 is 0 Å². The van der Waals surface area contributed by atoms with Crippen LogP contribution in [0.2, 0.25) is 0 Å². The largest absolute Gasteiger partial charge is 0.490 e. The molecule has 2 fully saturated rings. The Balaban J connectivity index is 1.49. The topological polar surface area (TPSA) is 103 Å². The van der Waals surface area contributed by atoms with Crippen LogP contribution in [-0.2, 0) is 15.7 Å². The predicted molar refractivity (Wildman–Crippen MR) is 125 cm³/mol. The van der Waals surface area contributed by atoms with E-state index in [1.54, 1.807) is 20.8 Å². The summed E-state index contributed by atoms with van der Waals surface area (Å²) < 4.78 is 61.9. The number of nitrogens with one attached hydrogen (secondary N) is 1. The normalized spacial score (nSPS) is 20.1. The van der Waals surface area contributed by atoms with Crippen molar-refractivity contribution < 1.29 is 41.4 Å². The summed E-state index contributed by atoms with van der Waals surface area (Å²) in [5, 5.41) is 2.78. The monoisotopic (exact) mass is 525 g/mol. The zero-order valence-electron chi connectivity index (χ0n) is 21.1. The number of carbonyl (C=O) groups is 2. The number of likely N-dealkylation sites (tertiary alicyclic amines) is 1. The van der Waals surface area contributed by atoms with E-state index in [0.717, 1.165) is 25.0 Å². The van der Waals surface area contributed by atoms with Gasteiger partial charge in [-0.25, -0.2) is 9.78 Å². The molecule has 1 saturated heterocycles. The number of nitrogens with zero attached hydrogens (tertiary/aromatic N) is 2. The van der Waals surface area contributed by atoms with Gasteiger partial charge in [-0.2, -0.15) is 13.2 Å². The number of aromatic nitrogens is 1. The van der Waals surface area contributed by atoms with Crippen LogP contribution in [0.3, 0.4) is 0 Å². The number of methoxy groups -OCH3 is 1. The average Bonchev–Trinajstić information content (AvgIpc) is 3.30. The molecule has 0 spiro atoms. The van der Waals surface area contributed by atoms with Crippen LogP contribution in [0.4, 0.5) is 18.0 Å². The second kappa shape index (κ2) is 10.2. The minimum absolute atomic E-state index is 0.0223. The number of carbonyl (C=O) groups excluding carboxylic acids is 2. The summed E-state index contributed by atoms with van der Waals surface area (Å²) >= 11 is 0. The summed E-state index contributed by atoms with van der Waals surface area (Å²) in [5.74, 6) is -0.769. The summed E-state index contributed by atoms with van der Waals surface area (Å²) in [6.45, 7) is 5.73. The molecule has 2 amide bonds. The van der Waals surface area contributed by atoms with Crippen molar-refractivity contribution in [2.45, 2.75) is 70.0 Å². The minimum atomic E-state index is -4.56. The van der Waals surface area contributed by atoms with Gasteiger partial charge in [-0.05, 0) is 58.2 Å². The van der Waals surface area contributed by atoms with Gasteiger partial charge in [0.15, 0.2) is 5.76 Å². The number of halogens is 3. The Hall–Kier alpha value is -3.28. The maximum absolute atomic E-state index is 13.3. The smallest absolute Gasteiger partial charge is 0.416 e. The van der Waals surface area contributed by atoms with Gasteiger partial charge in [0.2, 0.25) is 0 Å². The van der Waals surface area contributed by atoms with Gasteiger partial charge >= 0.3 is 18.2 Å². The first-order valence-electron chi connectivity index (χ1n) is 12.0. The number of amides is 2. The van der Waals surface area contributed by atoms with Crippen LogP contribution < -0.4 is 10.1 Å². The third-order valence-electron chi connectivity index (χ3n) is 5.83. The van der Waals surface area contributed by atoms with Crippen molar-refractivity contribution in [1.82, 2.24) is 15.2 Å². The summed E-state index contributed by atoms with van der Waals surface area (Å²) in [6, 6.07) is 2.37. The van der Waals surface area contributed by atoms with E-state index in [9.17, 15) is 22.8 Å². The summed E-state index contributed by atoms with van der Waals surface area (Å²) in [4.78, 5) is 31.0. The Kier molecular flexibility index (Phi) is 7.40. The molecule has 202 valence electrons. The fourth-order valence-electron chi connectivity index (χ4n) is 4.03. The molecule has 1 aliphatic heterocycles. The average molecular weight is 526 g/mol. The zero-order valence-corrected chi connectivity index (χ0v) is 21.1. The van der Waals surface area contributed by atoms with E-state index in [2.05, 4.69) is 10.3 Å². The highest BCUT2D eigenvalue weighted by Crippen LogP contribution is 2.39. The molecular formula is C25H30F3N3O6. The van der Waals surface area contributed by atoms with E-state index in [1.807, 2.05) is 0 Å². The van der Waals surface area contributed by atoms with Crippen LogP contribution in [0.15, 0.2) is 28.8 Å². The first kappa shape index (κ1) is 26.8. The molecule has 12 heteroatoms. The van der Waals surface area contributed by atoms with Crippen LogP contribution in [0, 0.1) is 0 Å². The van der Waals surface area contributed by atoms with Gasteiger partial charge in [0.25, 0.3) is 5.89 Å². The molecular weight excluding hydrogens is 495 g/mol. The SMILES string of the molecule is COCC1C[C@@H](NC(=O)c2ncc(-c3cc(C(F)(F)F)ccc3OC3CC3)o2)CN1C(=O)OC(C)(C)C. The highest BCUT2D eigenvalue weighted by Gasteiger charge is 2.39. The Morgan fingerprint density at radius 3 is 2.57 bits per heavy atom. The fourth-order valence-corrected chi connectivity index (χ4v) is 4.03. The zero-order chi connectivity index (χ0) is 27.0. The van der Waals surface area contributed by atoms with E-state index in [1.165, 1.54) is 24.3 Å². The standard InChI is InChI=1S/C25H30F3N3O6/c1-24(2,3)37-23(33)31-12-15(10-16(31)13-34-4)30-21(32)22-29-11-20(36-22)18-9-14(25(26,27)28)5-8-19(18)35-17-6-7-17/h5,8-9,11,15-17H,6-7,10,12-13H2,1-4H3,(H,30,32)/t15-,16?/m1/s1. The Bertz CT molecular complexity index is 1140. The molecule has 2 heterocycles. The van der Waals surface area contributed by atoms with Gasteiger partial charge in [-0.15, -0.1) is 0 Å². The van der Waals surface area contributed by atoms with Crippen LogP contribution in [0.25, 0.3) is 11.3 Å². The maximum atomic E-state index is 13.3. The van der Waals surface area contributed by atoms with E-state index in [-0.39, 0.29) is 48.3 Å². The van der Waals surface area contributed by atoms with E-state index in [0.29, 0.717) is 6.42 Å². The number of benzene rings is 1. The third-order valence-corrected chi connectivity index (χ3v) is 5.83. The lowest BCUT2D eigenvalue weighted by Crippen LogP contribution is -2.43. The highest BCUT2D eigenvalue weighted by molar-refractivity contribution is 5.90. The predicted octanol–water partition coefficient (Wildman–Crippen LogP) is 4.66. The van der Waals surface area contributed by atoms with Gasteiger partial charge < -0.3 is 28.8 Å². The molecule has 2 atom stereocenters. The molecule has 2 aromatic rings. The number of hydrogen-bond acceptors (Lipinski definition) is 7. The molecule has 37 heavy (non-hydrogen) atoms. The molecule has 1 unspecified atom stereocenters. The molecule has 4 rings (SSSR count). The fraction of sp³-hybridized carbons (Fsp3) is 0.560. The van der Waals surface area contributed by atoms with Gasteiger partial charge in [0.1, 0.15) is 11.4 Å². The summed E-state index contributed by atoms with van der Waals surface area (Å²) in [5.41, 5.74) is -1.49. The van der Waals surface area contributed by atoms with E-state index in [4.69, 9.17) is 18.6 Å². The molecule has 1 aromatic heterocycles. The van der Waals surface area contributed by atoms with Crippen LogP contribution in [0.1, 0.15) is 56.3 Å². The first-order valence-corrected chi connectivity index (χ1v) is 12.0. The van der Waals surface area contributed by atoms with Gasteiger partial charge in [-0.3, -0.25) is 4.79 Å². The number of ether oxygens (including phenoxy) is 3. The van der Waals surface area contributed by atoms with Crippen molar-refractivity contribution in [2.75, 3.05) is 20.3 Å². The Morgan fingerprint density at radius 1 is 1.22 bits per heavy atom. The molecule has 0 bridgehead atoms. The lowest BCUT2D eigenvalue weighted by molar-refractivity contribution is -0.137. The summed E-state index contributed by atoms with van der Waals surface area (Å²) in [6.07, 6.45) is -1.89. The van der Waals surface area contributed by atoms with Crippen molar-refractivity contribution in [2.24, 2.45) is 0 Å². The van der Waals surface area contributed by atoms with Gasteiger partial charge in [-0.1, -0.05) is 0 Å². The van der Waals surface area contributed by atoms with Crippen LogP contribution >= 0.6 is 0 Å². The van der Waals surface area contributed by atoms with Crippen molar-refractivity contribution in [1.29, 1.82) is 0 Å². The molecule has 1 N–H and O–H groups in total. The van der Waals surface area contributed by atoms with Crippen molar-refractivity contribution in [3.63, 3.8) is 0 Å². The third kappa shape index (κ3) is 6.73. The van der Waals surface area contributed by atoms with Crippen molar-refractivity contribution in [3.05, 3.63) is 35.9 Å². The Labute approximate surface area is 212 Å². The number of oxazole rings is 1. The van der Waals surface area contributed by atoms with Gasteiger partial charge in [0, 0.05) is 19.7 Å². The second-order valence-electron chi connectivity index (χ2n) is 10.2. The quantitative estimate of drug-likeness (QED) is 0.561. The molecule has 1 saturated carbocycles. The molecule has 1 aliphatic carbocycles. The van der Waals surface area contributed by atoms with Crippen LogP contribution in [0.5, 0.6) is 5.75 Å².